The molecule has 1 aliphatic carbocycles. The second-order valence-electron chi connectivity index (χ2n) is 5.33. The van der Waals surface area contributed by atoms with Gasteiger partial charge in [0.1, 0.15) is 0 Å². The summed E-state index contributed by atoms with van der Waals surface area (Å²) in [6.45, 7) is 0.927. The molecule has 0 spiro atoms. The van der Waals surface area contributed by atoms with Gasteiger partial charge in [-0.05, 0) is 25.0 Å². The molecule has 1 amide bonds. The lowest BCUT2D eigenvalue weighted by molar-refractivity contribution is -0.140. The molecule has 0 saturated heterocycles. The van der Waals surface area contributed by atoms with Gasteiger partial charge >= 0.3 is 0 Å². The summed E-state index contributed by atoms with van der Waals surface area (Å²) in [7, 11) is 1.64. The van der Waals surface area contributed by atoms with Gasteiger partial charge in [0, 0.05) is 18.7 Å². The molecule has 0 bridgehead atoms. The number of aromatic nitrogens is 3. The van der Waals surface area contributed by atoms with Crippen LogP contribution in [0.5, 0.6) is 0 Å². The molecular formula is C14H18N4O2. The monoisotopic (exact) mass is 274 g/mol. The van der Waals surface area contributed by atoms with Crippen LogP contribution in [0.15, 0.2) is 18.3 Å². The van der Waals surface area contributed by atoms with Gasteiger partial charge in [-0.25, -0.2) is 4.98 Å². The third-order valence-corrected chi connectivity index (χ3v) is 4.05. The number of nitrogens with one attached hydrogen (secondary N) is 2. The number of methoxy groups -OCH3 is 1. The van der Waals surface area contributed by atoms with Crippen LogP contribution in [0.25, 0.3) is 11.0 Å². The maximum atomic E-state index is 12.3. The fourth-order valence-electron chi connectivity index (χ4n) is 2.71. The number of pyridine rings is 1. The van der Waals surface area contributed by atoms with Gasteiger partial charge in [-0.1, -0.05) is 6.42 Å². The van der Waals surface area contributed by atoms with Crippen LogP contribution in [0.2, 0.25) is 0 Å². The Morgan fingerprint density at radius 1 is 1.55 bits per heavy atom. The minimum atomic E-state index is -0.331. The van der Waals surface area contributed by atoms with E-state index in [1.807, 2.05) is 12.1 Å². The number of hydrogen-bond acceptors (Lipinski definition) is 4. The number of rotatable bonds is 5. The molecule has 6 nitrogen and oxygen atoms in total. The van der Waals surface area contributed by atoms with E-state index in [4.69, 9.17) is 4.74 Å². The highest BCUT2D eigenvalue weighted by atomic mass is 16.5. The van der Waals surface area contributed by atoms with Gasteiger partial charge < -0.3 is 10.1 Å². The Kier molecular flexibility index (Phi) is 3.40. The quantitative estimate of drug-likeness (QED) is 0.863. The Bertz CT molecular complexity index is 618. The minimum Gasteiger partial charge on any atom is -0.384 e. The third kappa shape index (κ3) is 2.16. The molecule has 1 fully saturated rings. The molecular weight excluding hydrogens is 256 g/mol. The van der Waals surface area contributed by atoms with Crippen molar-refractivity contribution in [3.63, 3.8) is 0 Å². The molecule has 1 saturated carbocycles. The fourth-order valence-corrected chi connectivity index (χ4v) is 2.71. The van der Waals surface area contributed by atoms with Crippen molar-refractivity contribution < 1.29 is 9.53 Å². The summed E-state index contributed by atoms with van der Waals surface area (Å²) in [5.41, 5.74) is 1.23. The topological polar surface area (TPSA) is 79.9 Å². The van der Waals surface area contributed by atoms with Gasteiger partial charge in [0.2, 0.25) is 5.91 Å². The number of carbonyl (C=O) groups excluding carboxylic acids is 1. The lowest BCUT2D eigenvalue weighted by Crippen LogP contribution is -2.48. The molecule has 20 heavy (non-hydrogen) atoms. The predicted molar refractivity (Wildman–Crippen MR) is 73.9 cm³/mol. The lowest BCUT2D eigenvalue weighted by atomic mass is 9.68. The predicted octanol–water partition coefficient (Wildman–Crippen LogP) is 1.39. The first-order valence-electron chi connectivity index (χ1n) is 6.80. The van der Waals surface area contributed by atoms with E-state index in [1.54, 1.807) is 13.3 Å². The zero-order valence-electron chi connectivity index (χ0n) is 11.5. The highest BCUT2D eigenvalue weighted by molar-refractivity contribution is 5.84. The Hall–Kier alpha value is -1.95. The van der Waals surface area contributed by atoms with Crippen LogP contribution < -0.4 is 5.32 Å². The van der Waals surface area contributed by atoms with E-state index in [2.05, 4.69) is 20.5 Å². The molecule has 2 heterocycles. The standard InChI is InChI=1S/C14H18N4O2/c1-20-9-14(5-3-6-14)13(19)16-8-11-10-4-2-7-15-12(10)18-17-11/h2,4,7H,3,5-6,8-9H2,1H3,(H,16,19)(H,15,17,18). The largest absolute Gasteiger partial charge is 0.384 e. The van der Waals surface area contributed by atoms with E-state index >= 15 is 0 Å². The van der Waals surface area contributed by atoms with Crippen LogP contribution in [-0.4, -0.2) is 34.8 Å². The van der Waals surface area contributed by atoms with E-state index < -0.39 is 0 Å². The highest BCUT2D eigenvalue weighted by Crippen LogP contribution is 2.41. The number of nitrogens with zero attached hydrogens (tertiary/aromatic N) is 2. The molecule has 3 rings (SSSR count). The summed E-state index contributed by atoms with van der Waals surface area (Å²) >= 11 is 0. The minimum absolute atomic E-state index is 0.0669. The first kappa shape index (κ1) is 13.1. The number of hydrogen-bond donors (Lipinski definition) is 2. The summed E-state index contributed by atoms with van der Waals surface area (Å²) in [5.74, 6) is 0.0669. The van der Waals surface area contributed by atoms with Crippen LogP contribution in [-0.2, 0) is 16.1 Å². The molecule has 106 valence electrons. The number of fused-ring (bicyclic) bond motifs is 1. The van der Waals surface area contributed by atoms with Crippen molar-refractivity contribution in [3.8, 4) is 0 Å². The Morgan fingerprint density at radius 2 is 2.40 bits per heavy atom. The molecule has 2 N–H and O–H groups in total. The zero-order valence-corrected chi connectivity index (χ0v) is 11.5. The summed E-state index contributed by atoms with van der Waals surface area (Å²) in [4.78, 5) is 16.5. The number of ether oxygens (including phenoxy) is 1. The van der Waals surface area contributed by atoms with Crippen LogP contribution >= 0.6 is 0 Å². The fraction of sp³-hybridized carbons (Fsp3) is 0.500. The lowest BCUT2D eigenvalue weighted by Gasteiger charge is -2.39. The molecule has 0 atom stereocenters. The van der Waals surface area contributed by atoms with Gasteiger partial charge in [-0.3, -0.25) is 9.89 Å². The van der Waals surface area contributed by atoms with E-state index in [-0.39, 0.29) is 11.3 Å². The van der Waals surface area contributed by atoms with Gasteiger partial charge in [-0.2, -0.15) is 5.10 Å². The summed E-state index contributed by atoms with van der Waals surface area (Å²) in [5, 5.41) is 11.0. The average molecular weight is 274 g/mol. The van der Waals surface area contributed by atoms with Crippen molar-refractivity contribution in [1.82, 2.24) is 20.5 Å². The molecule has 2 aromatic rings. The van der Waals surface area contributed by atoms with Crippen molar-refractivity contribution >= 4 is 16.9 Å². The van der Waals surface area contributed by atoms with Gasteiger partial charge in [0.05, 0.1) is 24.3 Å². The van der Waals surface area contributed by atoms with Crippen LogP contribution in [0.1, 0.15) is 25.0 Å². The normalized spacial score (nSPS) is 16.9. The molecule has 0 unspecified atom stereocenters. The highest BCUT2D eigenvalue weighted by Gasteiger charge is 2.44. The van der Waals surface area contributed by atoms with Crippen molar-refractivity contribution in [2.75, 3.05) is 13.7 Å². The number of amides is 1. The average Bonchev–Trinajstić information content (AvgIpc) is 2.83. The van der Waals surface area contributed by atoms with Crippen molar-refractivity contribution in [1.29, 1.82) is 0 Å². The SMILES string of the molecule is COCC1(C(=O)NCc2[nH]nc3ncccc23)CCC1. The van der Waals surface area contributed by atoms with Crippen LogP contribution in [0.4, 0.5) is 0 Å². The second-order valence-corrected chi connectivity index (χ2v) is 5.33. The van der Waals surface area contributed by atoms with Gasteiger partial charge in [-0.15, -0.1) is 0 Å². The van der Waals surface area contributed by atoms with Gasteiger partial charge in [0.15, 0.2) is 5.65 Å². The van der Waals surface area contributed by atoms with E-state index in [0.717, 1.165) is 30.3 Å². The molecule has 0 aliphatic heterocycles. The van der Waals surface area contributed by atoms with Crippen LogP contribution in [0, 0.1) is 5.41 Å². The first-order valence-corrected chi connectivity index (χ1v) is 6.80. The molecule has 1 aliphatic rings. The Labute approximate surface area is 116 Å². The maximum absolute atomic E-state index is 12.3. The molecule has 0 radical (unpaired) electrons. The van der Waals surface area contributed by atoms with E-state index in [0.29, 0.717) is 18.8 Å². The number of carbonyl (C=O) groups is 1. The molecule has 6 heteroatoms. The van der Waals surface area contributed by atoms with Crippen molar-refractivity contribution in [2.45, 2.75) is 25.8 Å². The summed E-state index contributed by atoms with van der Waals surface area (Å²) < 4.78 is 5.19. The Morgan fingerprint density at radius 3 is 3.10 bits per heavy atom. The Balaban J connectivity index is 1.68. The van der Waals surface area contributed by atoms with Crippen molar-refractivity contribution in [3.05, 3.63) is 24.0 Å². The van der Waals surface area contributed by atoms with E-state index in [1.165, 1.54) is 0 Å². The van der Waals surface area contributed by atoms with Crippen molar-refractivity contribution in [2.24, 2.45) is 5.41 Å². The molecule has 0 aromatic carbocycles. The zero-order chi connectivity index (χ0) is 14.0. The summed E-state index contributed by atoms with van der Waals surface area (Å²) in [6.07, 6.45) is 4.59. The number of H-pyrrole nitrogens is 1. The third-order valence-electron chi connectivity index (χ3n) is 4.05. The maximum Gasteiger partial charge on any atom is 0.228 e. The summed E-state index contributed by atoms with van der Waals surface area (Å²) in [6, 6.07) is 3.81. The second kappa shape index (κ2) is 5.20. The molecule has 2 aromatic heterocycles. The number of aromatic amines is 1. The first-order chi connectivity index (χ1) is 9.75. The van der Waals surface area contributed by atoms with E-state index in [9.17, 15) is 4.79 Å². The van der Waals surface area contributed by atoms with Gasteiger partial charge in [0.25, 0.3) is 0 Å². The van der Waals surface area contributed by atoms with Crippen LogP contribution in [0.3, 0.4) is 0 Å². The smallest absolute Gasteiger partial charge is 0.228 e.